The van der Waals surface area contributed by atoms with Gasteiger partial charge in [-0.3, -0.25) is 4.79 Å². The zero-order chi connectivity index (χ0) is 15.4. The number of aromatic nitrogens is 3. The van der Waals surface area contributed by atoms with E-state index in [9.17, 15) is 14.3 Å². The summed E-state index contributed by atoms with van der Waals surface area (Å²) in [6.07, 6.45) is 2.04. The van der Waals surface area contributed by atoms with Crippen LogP contribution in [-0.2, 0) is 0 Å². The lowest BCUT2D eigenvalue weighted by Crippen LogP contribution is -2.34. The summed E-state index contributed by atoms with van der Waals surface area (Å²) in [6, 6.07) is 4.09. The second-order valence-electron chi connectivity index (χ2n) is 5.03. The molecule has 2 rings (SSSR count). The van der Waals surface area contributed by atoms with Crippen molar-refractivity contribution in [1.29, 1.82) is 0 Å². The number of amides is 1. The van der Waals surface area contributed by atoms with E-state index in [0.717, 1.165) is 6.07 Å². The van der Waals surface area contributed by atoms with Gasteiger partial charge in [0.2, 0.25) is 0 Å². The van der Waals surface area contributed by atoms with E-state index < -0.39 is 17.8 Å². The van der Waals surface area contributed by atoms with Crippen LogP contribution in [0.2, 0.25) is 0 Å². The second-order valence-corrected chi connectivity index (χ2v) is 5.03. The standard InChI is InChI=1S/C14H17FN4O2/c1-9(2)13(20)6-17-14(21)10-3-4-12(11(15)5-10)19-8-16-7-18-19/h3-5,7-9,13,20H,6H2,1-2H3,(H,17,21). The zero-order valence-corrected chi connectivity index (χ0v) is 11.8. The number of hydrogen-bond acceptors (Lipinski definition) is 4. The van der Waals surface area contributed by atoms with Gasteiger partial charge in [-0.15, -0.1) is 0 Å². The van der Waals surface area contributed by atoms with Crippen LogP contribution >= 0.6 is 0 Å². The highest BCUT2D eigenvalue weighted by Crippen LogP contribution is 2.14. The van der Waals surface area contributed by atoms with Crippen molar-refractivity contribution in [3.63, 3.8) is 0 Å². The lowest BCUT2D eigenvalue weighted by molar-refractivity contribution is 0.0871. The Morgan fingerprint density at radius 1 is 1.48 bits per heavy atom. The molecule has 7 heteroatoms. The van der Waals surface area contributed by atoms with Crippen LogP contribution < -0.4 is 5.32 Å². The molecule has 2 N–H and O–H groups in total. The molecule has 0 saturated heterocycles. The van der Waals surface area contributed by atoms with Crippen LogP contribution in [0.1, 0.15) is 24.2 Å². The molecule has 0 bridgehead atoms. The van der Waals surface area contributed by atoms with E-state index in [1.165, 1.54) is 29.5 Å². The molecule has 1 aromatic heterocycles. The molecule has 1 aromatic carbocycles. The summed E-state index contributed by atoms with van der Waals surface area (Å²) in [5, 5.41) is 16.0. The predicted molar refractivity (Wildman–Crippen MR) is 74.5 cm³/mol. The van der Waals surface area contributed by atoms with Crippen molar-refractivity contribution in [2.75, 3.05) is 6.54 Å². The summed E-state index contributed by atoms with van der Waals surface area (Å²) in [5.41, 5.74) is 0.401. The van der Waals surface area contributed by atoms with Crippen LogP contribution in [0.4, 0.5) is 4.39 Å². The molecule has 0 aliphatic carbocycles. The van der Waals surface area contributed by atoms with Crippen LogP contribution in [0.3, 0.4) is 0 Å². The Balaban J connectivity index is 2.08. The van der Waals surface area contributed by atoms with Crippen LogP contribution in [0.25, 0.3) is 5.69 Å². The molecular formula is C14H17FN4O2. The largest absolute Gasteiger partial charge is 0.391 e. The van der Waals surface area contributed by atoms with Gasteiger partial charge in [0, 0.05) is 12.1 Å². The van der Waals surface area contributed by atoms with Crippen LogP contribution in [0.15, 0.2) is 30.9 Å². The van der Waals surface area contributed by atoms with Crippen molar-refractivity contribution in [3.05, 3.63) is 42.2 Å². The summed E-state index contributed by atoms with van der Waals surface area (Å²) in [7, 11) is 0. The summed E-state index contributed by atoms with van der Waals surface area (Å²) in [6.45, 7) is 3.83. The Kier molecular flexibility index (Phi) is 4.64. The minimum absolute atomic E-state index is 0.0386. The first-order chi connectivity index (χ1) is 9.99. The first-order valence-corrected chi connectivity index (χ1v) is 6.60. The third-order valence-electron chi connectivity index (χ3n) is 3.12. The molecule has 0 spiro atoms. The van der Waals surface area contributed by atoms with Gasteiger partial charge < -0.3 is 10.4 Å². The molecule has 1 heterocycles. The van der Waals surface area contributed by atoms with Gasteiger partial charge in [0.1, 0.15) is 24.2 Å². The number of aliphatic hydroxyl groups is 1. The summed E-state index contributed by atoms with van der Waals surface area (Å²) >= 11 is 0. The highest BCUT2D eigenvalue weighted by Gasteiger charge is 2.14. The van der Waals surface area contributed by atoms with E-state index in [1.807, 2.05) is 13.8 Å². The molecular weight excluding hydrogens is 275 g/mol. The van der Waals surface area contributed by atoms with Gasteiger partial charge in [-0.1, -0.05) is 13.8 Å². The number of benzene rings is 1. The normalized spacial score (nSPS) is 12.4. The zero-order valence-electron chi connectivity index (χ0n) is 11.8. The van der Waals surface area contributed by atoms with Gasteiger partial charge >= 0.3 is 0 Å². The predicted octanol–water partition coefficient (Wildman–Crippen LogP) is 1.15. The van der Waals surface area contributed by atoms with Crippen molar-refractivity contribution in [2.45, 2.75) is 20.0 Å². The molecule has 0 fully saturated rings. The number of nitrogens with one attached hydrogen (secondary N) is 1. The number of hydrogen-bond donors (Lipinski definition) is 2. The molecule has 21 heavy (non-hydrogen) atoms. The number of rotatable bonds is 5. The van der Waals surface area contributed by atoms with Gasteiger partial charge in [0.25, 0.3) is 5.91 Å². The maximum absolute atomic E-state index is 14.0. The Morgan fingerprint density at radius 3 is 2.81 bits per heavy atom. The van der Waals surface area contributed by atoms with E-state index in [1.54, 1.807) is 0 Å². The van der Waals surface area contributed by atoms with Crippen molar-refractivity contribution in [3.8, 4) is 5.69 Å². The Morgan fingerprint density at radius 2 is 2.24 bits per heavy atom. The maximum Gasteiger partial charge on any atom is 0.251 e. The SMILES string of the molecule is CC(C)C(O)CNC(=O)c1ccc(-n2cncn2)c(F)c1. The number of halogens is 1. The van der Waals surface area contributed by atoms with E-state index in [-0.39, 0.29) is 23.7 Å². The fourth-order valence-corrected chi connectivity index (χ4v) is 1.70. The smallest absolute Gasteiger partial charge is 0.251 e. The molecule has 6 nitrogen and oxygen atoms in total. The van der Waals surface area contributed by atoms with Crippen molar-refractivity contribution in [2.24, 2.45) is 5.92 Å². The molecule has 0 aliphatic rings. The highest BCUT2D eigenvalue weighted by atomic mass is 19.1. The lowest BCUT2D eigenvalue weighted by Gasteiger charge is -2.15. The van der Waals surface area contributed by atoms with Crippen LogP contribution in [-0.4, -0.2) is 38.4 Å². The number of carbonyl (C=O) groups is 1. The van der Waals surface area contributed by atoms with E-state index >= 15 is 0 Å². The fourth-order valence-electron chi connectivity index (χ4n) is 1.70. The van der Waals surface area contributed by atoms with Gasteiger partial charge in [-0.2, -0.15) is 5.10 Å². The number of aliphatic hydroxyl groups excluding tert-OH is 1. The summed E-state index contributed by atoms with van der Waals surface area (Å²) in [4.78, 5) is 15.6. The number of carbonyl (C=O) groups excluding carboxylic acids is 1. The average Bonchev–Trinajstić information content (AvgIpc) is 2.97. The molecule has 112 valence electrons. The lowest BCUT2D eigenvalue weighted by atomic mass is 10.1. The average molecular weight is 292 g/mol. The molecule has 0 saturated carbocycles. The Labute approximate surface area is 121 Å². The van der Waals surface area contributed by atoms with Gasteiger partial charge in [0.05, 0.1) is 6.10 Å². The molecule has 0 radical (unpaired) electrons. The third kappa shape index (κ3) is 3.63. The minimum atomic E-state index is -0.631. The van der Waals surface area contributed by atoms with Gasteiger partial charge in [0.15, 0.2) is 0 Å². The van der Waals surface area contributed by atoms with Crippen molar-refractivity contribution < 1.29 is 14.3 Å². The first-order valence-electron chi connectivity index (χ1n) is 6.60. The van der Waals surface area contributed by atoms with E-state index in [4.69, 9.17) is 0 Å². The topological polar surface area (TPSA) is 80.0 Å². The van der Waals surface area contributed by atoms with E-state index in [2.05, 4.69) is 15.4 Å². The highest BCUT2D eigenvalue weighted by molar-refractivity contribution is 5.94. The third-order valence-corrected chi connectivity index (χ3v) is 3.12. The molecule has 1 amide bonds. The van der Waals surface area contributed by atoms with Crippen molar-refractivity contribution >= 4 is 5.91 Å². The second kappa shape index (κ2) is 6.45. The van der Waals surface area contributed by atoms with Crippen LogP contribution in [0.5, 0.6) is 0 Å². The Hall–Kier alpha value is -2.28. The van der Waals surface area contributed by atoms with Gasteiger partial charge in [-0.25, -0.2) is 14.1 Å². The minimum Gasteiger partial charge on any atom is -0.391 e. The maximum atomic E-state index is 14.0. The van der Waals surface area contributed by atoms with Crippen LogP contribution in [0, 0.1) is 11.7 Å². The van der Waals surface area contributed by atoms with E-state index in [0.29, 0.717) is 0 Å². The molecule has 1 atom stereocenters. The fraction of sp³-hybridized carbons (Fsp3) is 0.357. The summed E-state index contributed by atoms with van der Waals surface area (Å²) < 4.78 is 15.3. The summed E-state index contributed by atoms with van der Waals surface area (Å²) in [5.74, 6) is -0.965. The molecule has 0 aliphatic heterocycles. The Bertz CT molecular complexity index is 613. The molecule has 2 aromatic rings. The monoisotopic (exact) mass is 292 g/mol. The first kappa shape index (κ1) is 15.1. The molecule has 1 unspecified atom stereocenters. The number of nitrogens with zero attached hydrogens (tertiary/aromatic N) is 3. The van der Waals surface area contributed by atoms with Gasteiger partial charge in [-0.05, 0) is 24.1 Å². The quantitative estimate of drug-likeness (QED) is 0.866. The van der Waals surface area contributed by atoms with Crippen molar-refractivity contribution in [1.82, 2.24) is 20.1 Å².